The van der Waals surface area contributed by atoms with Crippen LogP contribution < -0.4 is 10.7 Å². The van der Waals surface area contributed by atoms with Gasteiger partial charge >= 0.3 is 0 Å². The zero-order chi connectivity index (χ0) is 20.7. The molecular weight excluding hydrogens is 360 g/mol. The van der Waals surface area contributed by atoms with Crippen LogP contribution in [0.4, 0.5) is 5.69 Å². The molecule has 0 radical (unpaired) electrons. The van der Waals surface area contributed by atoms with Crippen molar-refractivity contribution >= 4 is 23.7 Å². The number of nitro benzene ring substituents is 1. The molecule has 0 aliphatic rings. The predicted molar refractivity (Wildman–Crippen MR) is 106 cm³/mol. The summed E-state index contributed by atoms with van der Waals surface area (Å²) >= 11 is 0. The van der Waals surface area contributed by atoms with Gasteiger partial charge in [0, 0.05) is 22.8 Å². The lowest BCUT2D eigenvalue weighted by Crippen LogP contribution is -2.48. The minimum atomic E-state index is -0.780. The first kappa shape index (κ1) is 20.8. The Balaban J connectivity index is 2.04. The van der Waals surface area contributed by atoms with E-state index in [1.54, 1.807) is 49.4 Å². The Hall–Kier alpha value is -3.55. The molecule has 8 nitrogen and oxygen atoms in total. The van der Waals surface area contributed by atoms with Gasteiger partial charge < -0.3 is 5.32 Å². The van der Waals surface area contributed by atoms with Gasteiger partial charge in [-0.3, -0.25) is 19.7 Å². The molecule has 0 bridgehead atoms. The number of carbonyl (C=O) groups excluding carboxylic acids is 2. The summed E-state index contributed by atoms with van der Waals surface area (Å²) < 4.78 is 0. The molecule has 0 fully saturated rings. The third-order valence-electron chi connectivity index (χ3n) is 4.09. The molecule has 2 N–H and O–H groups in total. The first-order valence-electron chi connectivity index (χ1n) is 8.73. The summed E-state index contributed by atoms with van der Waals surface area (Å²) in [6.45, 7) is 5.26. The van der Waals surface area contributed by atoms with Crippen molar-refractivity contribution in [2.45, 2.75) is 26.8 Å². The van der Waals surface area contributed by atoms with E-state index in [1.165, 1.54) is 12.3 Å². The van der Waals surface area contributed by atoms with Crippen molar-refractivity contribution in [2.24, 2.45) is 11.0 Å². The van der Waals surface area contributed by atoms with Crippen LogP contribution in [0.5, 0.6) is 0 Å². The van der Waals surface area contributed by atoms with Gasteiger partial charge in [-0.1, -0.05) is 44.2 Å². The quantitative estimate of drug-likeness (QED) is 0.435. The summed E-state index contributed by atoms with van der Waals surface area (Å²) in [6.07, 6.45) is 1.32. The van der Waals surface area contributed by atoms with Gasteiger partial charge in [-0.05, 0) is 25.0 Å². The Morgan fingerprint density at radius 2 is 1.82 bits per heavy atom. The summed E-state index contributed by atoms with van der Waals surface area (Å²) in [5.74, 6) is -0.993. The summed E-state index contributed by atoms with van der Waals surface area (Å²) in [5.41, 5.74) is 3.83. The van der Waals surface area contributed by atoms with Crippen LogP contribution in [0, 0.1) is 23.0 Å². The predicted octanol–water partition coefficient (Wildman–Crippen LogP) is 2.81. The van der Waals surface area contributed by atoms with E-state index in [-0.39, 0.29) is 17.5 Å². The first-order chi connectivity index (χ1) is 13.3. The van der Waals surface area contributed by atoms with Gasteiger partial charge in [0.05, 0.1) is 11.1 Å². The summed E-state index contributed by atoms with van der Waals surface area (Å²) in [7, 11) is 0. The first-order valence-corrected chi connectivity index (χ1v) is 8.73. The standard InChI is InChI=1S/C20H22N4O4/c1-13(2)18(22-19(25)16-7-5-4-6-8-16)20(26)23-21-12-15-10-9-14(3)17(11-15)24(27)28/h4-13,18H,1-3H3,(H,22,25)(H,23,26)/b21-12+. The van der Waals surface area contributed by atoms with Crippen LogP contribution >= 0.6 is 0 Å². The van der Waals surface area contributed by atoms with Crippen molar-refractivity contribution < 1.29 is 14.5 Å². The summed E-state index contributed by atoms with van der Waals surface area (Å²) in [6, 6.07) is 12.5. The Morgan fingerprint density at radius 3 is 2.43 bits per heavy atom. The molecule has 0 saturated heterocycles. The Bertz CT molecular complexity index is 894. The largest absolute Gasteiger partial charge is 0.340 e. The van der Waals surface area contributed by atoms with E-state index >= 15 is 0 Å². The molecule has 2 aromatic carbocycles. The fourth-order valence-electron chi connectivity index (χ4n) is 2.49. The monoisotopic (exact) mass is 382 g/mol. The number of benzene rings is 2. The number of nitrogens with zero attached hydrogens (tertiary/aromatic N) is 2. The van der Waals surface area contributed by atoms with Crippen LogP contribution in [0.2, 0.25) is 0 Å². The molecule has 0 heterocycles. The summed E-state index contributed by atoms with van der Waals surface area (Å²) in [5, 5.41) is 17.5. The molecule has 0 aliphatic carbocycles. The molecule has 2 aromatic rings. The van der Waals surface area contributed by atoms with E-state index in [9.17, 15) is 19.7 Å². The second kappa shape index (κ2) is 9.40. The van der Waals surface area contributed by atoms with Crippen molar-refractivity contribution in [1.82, 2.24) is 10.7 Å². The second-order valence-corrected chi connectivity index (χ2v) is 6.60. The smallest absolute Gasteiger partial charge is 0.272 e. The molecule has 0 aliphatic heterocycles. The number of amides is 2. The lowest BCUT2D eigenvalue weighted by Gasteiger charge is -2.20. The SMILES string of the molecule is Cc1ccc(/C=N/NC(=O)C(NC(=O)c2ccccc2)C(C)C)cc1[N+](=O)[O-]. The summed E-state index contributed by atoms with van der Waals surface area (Å²) in [4.78, 5) is 35.2. The minimum Gasteiger partial charge on any atom is -0.340 e. The van der Waals surface area contributed by atoms with Crippen LogP contribution in [0.25, 0.3) is 0 Å². The van der Waals surface area contributed by atoms with E-state index in [2.05, 4.69) is 15.8 Å². The Kier molecular flexibility index (Phi) is 6.97. The molecular formula is C20H22N4O4. The van der Waals surface area contributed by atoms with Gasteiger partial charge in [0.15, 0.2) is 0 Å². The molecule has 146 valence electrons. The van der Waals surface area contributed by atoms with Gasteiger partial charge in [0.25, 0.3) is 17.5 Å². The lowest BCUT2D eigenvalue weighted by atomic mass is 10.0. The average Bonchev–Trinajstić information content (AvgIpc) is 2.67. The van der Waals surface area contributed by atoms with Crippen LogP contribution in [-0.4, -0.2) is 29.0 Å². The van der Waals surface area contributed by atoms with Crippen LogP contribution in [0.1, 0.15) is 35.3 Å². The third-order valence-corrected chi connectivity index (χ3v) is 4.09. The second-order valence-electron chi connectivity index (χ2n) is 6.60. The highest BCUT2D eigenvalue weighted by Gasteiger charge is 2.24. The maximum atomic E-state index is 12.4. The van der Waals surface area contributed by atoms with E-state index in [4.69, 9.17) is 0 Å². The Labute approximate surface area is 162 Å². The molecule has 0 spiro atoms. The van der Waals surface area contributed by atoms with Crippen molar-refractivity contribution in [3.63, 3.8) is 0 Å². The van der Waals surface area contributed by atoms with Gasteiger partial charge in [-0.15, -0.1) is 0 Å². The molecule has 28 heavy (non-hydrogen) atoms. The molecule has 0 aromatic heterocycles. The van der Waals surface area contributed by atoms with Gasteiger partial charge in [0.1, 0.15) is 6.04 Å². The van der Waals surface area contributed by atoms with Gasteiger partial charge in [0.2, 0.25) is 0 Å². The van der Waals surface area contributed by atoms with E-state index in [0.717, 1.165) is 0 Å². The number of rotatable bonds is 7. The molecule has 1 unspecified atom stereocenters. The lowest BCUT2D eigenvalue weighted by molar-refractivity contribution is -0.385. The highest BCUT2D eigenvalue weighted by molar-refractivity contribution is 5.97. The van der Waals surface area contributed by atoms with Crippen molar-refractivity contribution in [2.75, 3.05) is 0 Å². The zero-order valence-corrected chi connectivity index (χ0v) is 15.9. The van der Waals surface area contributed by atoms with E-state index in [1.807, 2.05) is 13.8 Å². The van der Waals surface area contributed by atoms with Crippen molar-refractivity contribution in [3.05, 3.63) is 75.3 Å². The molecule has 8 heteroatoms. The fourth-order valence-corrected chi connectivity index (χ4v) is 2.49. The molecule has 0 saturated carbocycles. The maximum Gasteiger partial charge on any atom is 0.272 e. The molecule has 1 atom stereocenters. The molecule has 2 rings (SSSR count). The van der Waals surface area contributed by atoms with Crippen LogP contribution in [0.3, 0.4) is 0 Å². The minimum absolute atomic E-state index is 0.0227. The average molecular weight is 382 g/mol. The number of hydrogen-bond acceptors (Lipinski definition) is 5. The van der Waals surface area contributed by atoms with Crippen molar-refractivity contribution in [3.8, 4) is 0 Å². The number of hydrogen-bond donors (Lipinski definition) is 2. The van der Waals surface area contributed by atoms with E-state index < -0.39 is 16.9 Å². The van der Waals surface area contributed by atoms with Crippen molar-refractivity contribution in [1.29, 1.82) is 0 Å². The fraction of sp³-hybridized carbons (Fsp3) is 0.250. The van der Waals surface area contributed by atoms with E-state index in [0.29, 0.717) is 16.7 Å². The highest BCUT2D eigenvalue weighted by Crippen LogP contribution is 2.18. The highest BCUT2D eigenvalue weighted by atomic mass is 16.6. The van der Waals surface area contributed by atoms with Gasteiger partial charge in [-0.2, -0.15) is 5.10 Å². The maximum absolute atomic E-state index is 12.4. The van der Waals surface area contributed by atoms with Crippen LogP contribution in [-0.2, 0) is 4.79 Å². The van der Waals surface area contributed by atoms with Gasteiger partial charge in [-0.25, -0.2) is 5.43 Å². The topological polar surface area (TPSA) is 114 Å². The Morgan fingerprint density at radius 1 is 1.14 bits per heavy atom. The number of nitrogens with one attached hydrogen (secondary N) is 2. The number of nitro groups is 1. The number of carbonyl (C=O) groups is 2. The molecule has 2 amide bonds. The third kappa shape index (κ3) is 5.47. The number of hydrazone groups is 1. The normalized spacial score (nSPS) is 12.0. The number of aryl methyl sites for hydroxylation is 1. The zero-order valence-electron chi connectivity index (χ0n) is 15.9. The van der Waals surface area contributed by atoms with Crippen LogP contribution in [0.15, 0.2) is 53.6 Å².